The minimum absolute atomic E-state index is 0.00111. The molecule has 0 heterocycles. The predicted molar refractivity (Wildman–Crippen MR) is 114 cm³/mol. The lowest BCUT2D eigenvalue weighted by Gasteiger charge is -2.13. The van der Waals surface area contributed by atoms with E-state index in [4.69, 9.17) is 18.9 Å². The van der Waals surface area contributed by atoms with Gasteiger partial charge >= 0.3 is 0 Å². The third-order valence-corrected chi connectivity index (χ3v) is 4.32. The number of methoxy groups -OCH3 is 1. The summed E-state index contributed by atoms with van der Waals surface area (Å²) in [7, 11) is 1.58. The van der Waals surface area contributed by atoms with E-state index >= 15 is 0 Å². The molecule has 7 heteroatoms. The molecule has 3 rings (SSSR count). The molecule has 0 aliphatic carbocycles. The first-order chi connectivity index (χ1) is 14.6. The van der Waals surface area contributed by atoms with Gasteiger partial charge in [0.05, 0.1) is 18.6 Å². The Bertz CT molecular complexity index is 970. The minimum atomic E-state index is -0.425. The van der Waals surface area contributed by atoms with Crippen LogP contribution in [0.25, 0.3) is 11.1 Å². The lowest BCUT2D eigenvalue weighted by molar-refractivity contribution is -0.384. The van der Waals surface area contributed by atoms with Gasteiger partial charge in [0.15, 0.2) is 0 Å². The number of nitro groups is 1. The first-order valence-electron chi connectivity index (χ1n) is 9.52. The van der Waals surface area contributed by atoms with E-state index < -0.39 is 4.92 Å². The topological polar surface area (TPSA) is 80.1 Å². The molecule has 0 saturated carbocycles. The first kappa shape index (κ1) is 21.0. The second-order valence-electron chi connectivity index (χ2n) is 6.27. The lowest BCUT2D eigenvalue weighted by Crippen LogP contribution is -2.09. The van der Waals surface area contributed by atoms with Gasteiger partial charge < -0.3 is 18.9 Å². The van der Waals surface area contributed by atoms with Crippen LogP contribution in [0.4, 0.5) is 5.69 Å². The second-order valence-corrected chi connectivity index (χ2v) is 6.27. The molecule has 0 aliphatic heterocycles. The average Bonchev–Trinajstić information content (AvgIpc) is 2.78. The van der Waals surface area contributed by atoms with E-state index in [0.717, 1.165) is 11.3 Å². The molecule has 0 amide bonds. The van der Waals surface area contributed by atoms with E-state index in [9.17, 15) is 10.1 Å². The number of ether oxygens (including phenoxy) is 4. The van der Waals surface area contributed by atoms with Crippen LogP contribution < -0.4 is 18.9 Å². The SMILES string of the molecule is CCOc1ccc(OCCOc2ccc([N+](=O)[O-])cc2-c2ccc(OC)cc2)cc1. The average molecular weight is 409 g/mol. The van der Waals surface area contributed by atoms with Crippen molar-refractivity contribution in [3.05, 3.63) is 76.8 Å². The van der Waals surface area contributed by atoms with E-state index in [2.05, 4.69) is 0 Å². The van der Waals surface area contributed by atoms with Crippen LogP contribution in [0.15, 0.2) is 66.7 Å². The number of rotatable bonds is 10. The summed E-state index contributed by atoms with van der Waals surface area (Å²) in [4.78, 5) is 10.8. The van der Waals surface area contributed by atoms with Crippen molar-refractivity contribution in [2.45, 2.75) is 6.92 Å². The maximum absolute atomic E-state index is 11.2. The largest absolute Gasteiger partial charge is 0.497 e. The molecule has 7 nitrogen and oxygen atoms in total. The first-order valence-corrected chi connectivity index (χ1v) is 9.52. The Balaban J connectivity index is 1.67. The van der Waals surface area contributed by atoms with E-state index in [1.807, 2.05) is 43.3 Å². The van der Waals surface area contributed by atoms with E-state index in [1.165, 1.54) is 12.1 Å². The molecule has 3 aromatic rings. The van der Waals surface area contributed by atoms with Crippen LogP contribution in [0.1, 0.15) is 6.92 Å². The van der Waals surface area contributed by atoms with Crippen LogP contribution in [-0.2, 0) is 0 Å². The maximum Gasteiger partial charge on any atom is 0.270 e. The summed E-state index contributed by atoms with van der Waals surface area (Å²) < 4.78 is 22.1. The fraction of sp³-hybridized carbons (Fsp3) is 0.217. The van der Waals surface area contributed by atoms with E-state index in [0.29, 0.717) is 36.0 Å². The number of hydrogen-bond acceptors (Lipinski definition) is 6. The minimum Gasteiger partial charge on any atom is -0.497 e. The summed E-state index contributed by atoms with van der Waals surface area (Å²) in [5.74, 6) is 2.74. The Morgan fingerprint density at radius 1 is 0.800 bits per heavy atom. The zero-order valence-corrected chi connectivity index (χ0v) is 16.9. The fourth-order valence-corrected chi connectivity index (χ4v) is 2.86. The fourth-order valence-electron chi connectivity index (χ4n) is 2.86. The van der Waals surface area contributed by atoms with Crippen LogP contribution in [0.5, 0.6) is 23.0 Å². The van der Waals surface area contributed by atoms with E-state index in [-0.39, 0.29) is 12.3 Å². The number of hydrogen-bond donors (Lipinski definition) is 0. The van der Waals surface area contributed by atoms with Gasteiger partial charge in [0.25, 0.3) is 5.69 Å². The Morgan fingerprint density at radius 2 is 1.40 bits per heavy atom. The van der Waals surface area contributed by atoms with Gasteiger partial charge in [-0.25, -0.2) is 0 Å². The van der Waals surface area contributed by atoms with Gasteiger partial charge in [-0.2, -0.15) is 0 Å². The molecule has 0 atom stereocenters. The maximum atomic E-state index is 11.2. The van der Waals surface area contributed by atoms with Gasteiger partial charge in [-0.3, -0.25) is 10.1 Å². The number of nitro benzene ring substituents is 1. The molecule has 0 N–H and O–H groups in total. The standard InChI is InChI=1S/C23H23NO6/c1-3-28-20-9-11-21(12-10-20)29-14-15-30-23-13-6-18(24(25)26)16-22(23)17-4-7-19(27-2)8-5-17/h4-13,16H,3,14-15H2,1-2H3. The number of non-ortho nitro benzene ring substituents is 1. The summed E-state index contributed by atoms with van der Waals surface area (Å²) in [5.41, 5.74) is 1.42. The molecule has 30 heavy (non-hydrogen) atoms. The highest BCUT2D eigenvalue weighted by Gasteiger charge is 2.14. The molecule has 0 aliphatic rings. The van der Waals surface area contributed by atoms with Gasteiger partial charge in [-0.1, -0.05) is 12.1 Å². The van der Waals surface area contributed by atoms with Crippen molar-refractivity contribution in [3.63, 3.8) is 0 Å². The summed E-state index contributed by atoms with van der Waals surface area (Å²) in [6, 6.07) is 19.2. The molecule has 0 bridgehead atoms. The summed E-state index contributed by atoms with van der Waals surface area (Å²) >= 11 is 0. The molecule has 3 aromatic carbocycles. The summed E-state index contributed by atoms with van der Waals surface area (Å²) in [6.45, 7) is 3.15. The highest BCUT2D eigenvalue weighted by Crippen LogP contribution is 2.34. The van der Waals surface area contributed by atoms with Gasteiger partial charge in [0, 0.05) is 17.7 Å². The quantitative estimate of drug-likeness (QED) is 0.262. The van der Waals surface area contributed by atoms with Crippen LogP contribution in [0.3, 0.4) is 0 Å². The molecule has 0 radical (unpaired) electrons. The molecule has 0 fully saturated rings. The Morgan fingerprint density at radius 3 is 2.00 bits per heavy atom. The van der Waals surface area contributed by atoms with Crippen LogP contribution >= 0.6 is 0 Å². The molecular weight excluding hydrogens is 386 g/mol. The zero-order valence-electron chi connectivity index (χ0n) is 16.9. The van der Waals surface area contributed by atoms with Crippen molar-refractivity contribution in [2.75, 3.05) is 26.9 Å². The highest BCUT2D eigenvalue weighted by molar-refractivity contribution is 5.73. The lowest BCUT2D eigenvalue weighted by atomic mass is 10.0. The van der Waals surface area contributed by atoms with Crippen molar-refractivity contribution in [2.24, 2.45) is 0 Å². The smallest absolute Gasteiger partial charge is 0.270 e. The van der Waals surface area contributed by atoms with Crippen molar-refractivity contribution in [3.8, 4) is 34.1 Å². The Labute approximate surface area is 174 Å². The molecule has 0 aromatic heterocycles. The number of nitrogens with zero attached hydrogens (tertiary/aromatic N) is 1. The Hall–Kier alpha value is -3.74. The van der Waals surface area contributed by atoms with Crippen LogP contribution in [0, 0.1) is 10.1 Å². The van der Waals surface area contributed by atoms with Gasteiger partial charge in [-0.15, -0.1) is 0 Å². The zero-order chi connectivity index (χ0) is 21.3. The highest BCUT2D eigenvalue weighted by atomic mass is 16.6. The molecule has 0 saturated heterocycles. The van der Waals surface area contributed by atoms with Crippen molar-refractivity contribution in [1.29, 1.82) is 0 Å². The van der Waals surface area contributed by atoms with Crippen molar-refractivity contribution >= 4 is 5.69 Å². The number of benzene rings is 3. The molecule has 0 unspecified atom stereocenters. The molecular formula is C23H23NO6. The summed E-state index contributed by atoms with van der Waals surface area (Å²) in [5, 5.41) is 11.2. The third kappa shape index (κ3) is 5.41. The van der Waals surface area contributed by atoms with Gasteiger partial charge in [0.2, 0.25) is 0 Å². The predicted octanol–water partition coefficient (Wildman–Crippen LogP) is 5.13. The third-order valence-electron chi connectivity index (χ3n) is 4.32. The van der Waals surface area contributed by atoms with Crippen molar-refractivity contribution in [1.82, 2.24) is 0 Å². The van der Waals surface area contributed by atoms with E-state index in [1.54, 1.807) is 25.3 Å². The second kappa shape index (κ2) is 10.2. The van der Waals surface area contributed by atoms with Gasteiger partial charge in [0.1, 0.15) is 36.2 Å². The van der Waals surface area contributed by atoms with Crippen LogP contribution in [0.2, 0.25) is 0 Å². The normalized spacial score (nSPS) is 10.3. The molecule has 0 spiro atoms. The Kier molecular flexibility index (Phi) is 7.10. The monoisotopic (exact) mass is 409 g/mol. The van der Waals surface area contributed by atoms with Crippen molar-refractivity contribution < 1.29 is 23.9 Å². The summed E-state index contributed by atoms with van der Waals surface area (Å²) in [6.07, 6.45) is 0. The van der Waals surface area contributed by atoms with Crippen LogP contribution in [-0.4, -0.2) is 31.9 Å². The molecule has 156 valence electrons. The van der Waals surface area contributed by atoms with Gasteiger partial charge in [-0.05, 0) is 55.0 Å².